The quantitative estimate of drug-likeness (QED) is 0.647. The molecule has 1 aromatic rings. The molecule has 2 N–H and O–H groups in total. The van der Waals surface area contributed by atoms with E-state index in [0.29, 0.717) is 12.1 Å². The van der Waals surface area contributed by atoms with Crippen LogP contribution in [0.1, 0.15) is 36.0 Å². The summed E-state index contributed by atoms with van der Waals surface area (Å²) in [6.07, 6.45) is 5.99. The van der Waals surface area contributed by atoms with Crippen molar-refractivity contribution < 1.29 is 9.59 Å². The number of carbonyl (C=O) groups excluding carboxylic acids is 2. The van der Waals surface area contributed by atoms with Crippen molar-refractivity contribution in [2.45, 2.75) is 31.7 Å². The van der Waals surface area contributed by atoms with Gasteiger partial charge in [-0.3, -0.25) is 9.59 Å². The number of aromatic nitrogens is 2. The summed E-state index contributed by atoms with van der Waals surface area (Å²) < 4.78 is 0. The molecule has 1 saturated carbocycles. The molecule has 0 aliphatic heterocycles. The monoisotopic (exact) mass is 282 g/mol. The fourth-order valence-electron chi connectivity index (χ4n) is 2.46. The Morgan fingerprint density at radius 1 is 1.47 bits per heavy atom. The summed E-state index contributed by atoms with van der Waals surface area (Å²) in [5.74, 6) is -0.0702. The number of nitrogens with zero attached hydrogens (tertiary/aromatic N) is 3. The van der Waals surface area contributed by atoms with Crippen LogP contribution in [0, 0.1) is 0 Å². The first-order chi connectivity index (χ1) is 9.13. The lowest BCUT2D eigenvalue weighted by atomic mass is 10.2. The molecule has 1 fully saturated rings. The van der Waals surface area contributed by atoms with E-state index in [4.69, 9.17) is 17.3 Å². The molecular weight excluding hydrogens is 268 g/mol. The Balaban J connectivity index is 2.39. The van der Waals surface area contributed by atoms with Gasteiger partial charge in [0.1, 0.15) is 17.3 Å². The van der Waals surface area contributed by atoms with Gasteiger partial charge in [0, 0.05) is 6.04 Å². The Morgan fingerprint density at radius 2 is 2.16 bits per heavy atom. The summed E-state index contributed by atoms with van der Waals surface area (Å²) in [6, 6.07) is 0.164. The fraction of sp³-hybridized carbons (Fsp3) is 0.500. The second-order valence-electron chi connectivity index (χ2n) is 4.55. The van der Waals surface area contributed by atoms with Crippen LogP contribution in [0.4, 0.5) is 5.82 Å². The predicted octanol–water partition coefficient (Wildman–Crippen LogP) is 1.18. The average Bonchev–Trinajstić information content (AvgIpc) is 2.89. The Hall–Kier alpha value is -1.69. The third-order valence-electron chi connectivity index (χ3n) is 3.30. The summed E-state index contributed by atoms with van der Waals surface area (Å²) in [5.41, 5.74) is 5.49. The lowest BCUT2D eigenvalue weighted by Gasteiger charge is -2.29. The van der Waals surface area contributed by atoms with Crippen LogP contribution < -0.4 is 10.6 Å². The number of amides is 1. The van der Waals surface area contributed by atoms with E-state index in [-0.39, 0.29) is 23.3 Å². The molecule has 0 unspecified atom stereocenters. The molecule has 1 amide bonds. The number of halogens is 1. The first kappa shape index (κ1) is 13.7. The van der Waals surface area contributed by atoms with Crippen LogP contribution in [0.25, 0.3) is 0 Å². The predicted molar refractivity (Wildman–Crippen MR) is 71.2 cm³/mol. The molecule has 2 rings (SSSR count). The first-order valence-corrected chi connectivity index (χ1v) is 6.52. The van der Waals surface area contributed by atoms with E-state index in [1.165, 1.54) is 6.33 Å². The van der Waals surface area contributed by atoms with Crippen LogP contribution in [0.3, 0.4) is 0 Å². The highest BCUT2D eigenvalue weighted by Gasteiger charge is 2.27. The maximum Gasteiger partial charge on any atom is 0.237 e. The van der Waals surface area contributed by atoms with Crippen molar-refractivity contribution in [2.24, 2.45) is 5.73 Å². The van der Waals surface area contributed by atoms with E-state index in [1.807, 2.05) is 0 Å². The molecule has 0 saturated heterocycles. The van der Waals surface area contributed by atoms with Gasteiger partial charge in [0.2, 0.25) is 5.91 Å². The van der Waals surface area contributed by atoms with Crippen molar-refractivity contribution in [3.05, 3.63) is 17.0 Å². The molecule has 1 aromatic heterocycles. The van der Waals surface area contributed by atoms with Crippen LogP contribution in [0.5, 0.6) is 0 Å². The van der Waals surface area contributed by atoms with Gasteiger partial charge in [0.15, 0.2) is 6.29 Å². The van der Waals surface area contributed by atoms with Gasteiger partial charge >= 0.3 is 0 Å². The smallest absolute Gasteiger partial charge is 0.237 e. The molecule has 7 heteroatoms. The lowest BCUT2D eigenvalue weighted by Crippen LogP contribution is -2.41. The maximum atomic E-state index is 11.2. The third kappa shape index (κ3) is 3.01. The molecule has 0 aromatic carbocycles. The van der Waals surface area contributed by atoms with E-state index in [1.54, 1.807) is 4.90 Å². The number of primary amides is 1. The van der Waals surface area contributed by atoms with Crippen molar-refractivity contribution in [3.63, 3.8) is 0 Å². The highest BCUT2D eigenvalue weighted by molar-refractivity contribution is 6.32. The number of carbonyl (C=O) groups is 2. The zero-order valence-corrected chi connectivity index (χ0v) is 11.1. The Labute approximate surface area is 116 Å². The van der Waals surface area contributed by atoms with Crippen molar-refractivity contribution in [1.82, 2.24) is 9.97 Å². The molecule has 102 valence electrons. The molecule has 0 bridgehead atoms. The van der Waals surface area contributed by atoms with Crippen molar-refractivity contribution in [3.8, 4) is 0 Å². The van der Waals surface area contributed by atoms with Gasteiger partial charge in [0.05, 0.1) is 12.1 Å². The van der Waals surface area contributed by atoms with Gasteiger partial charge in [-0.15, -0.1) is 0 Å². The molecule has 19 heavy (non-hydrogen) atoms. The van der Waals surface area contributed by atoms with Crippen LogP contribution >= 0.6 is 11.6 Å². The minimum Gasteiger partial charge on any atom is -0.368 e. The summed E-state index contributed by atoms with van der Waals surface area (Å²) in [6.45, 7) is 0.0266. The number of rotatable bonds is 5. The average molecular weight is 283 g/mol. The molecule has 0 radical (unpaired) electrons. The standard InChI is InChI=1S/C12H15ClN4O2/c13-11-9(6-18)12(16-7-15-11)17(5-10(14)19)8-3-1-2-4-8/h6-8H,1-5H2,(H2,14,19). The molecule has 0 atom stereocenters. The second kappa shape index (κ2) is 5.97. The van der Waals surface area contributed by atoms with E-state index < -0.39 is 5.91 Å². The summed E-state index contributed by atoms with van der Waals surface area (Å²) in [7, 11) is 0. The van der Waals surface area contributed by atoms with Gasteiger partial charge < -0.3 is 10.6 Å². The largest absolute Gasteiger partial charge is 0.368 e. The minimum absolute atomic E-state index is 0.0266. The van der Waals surface area contributed by atoms with Gasteiger partial charge in [0.25, 0.3) is 0 Å². The van der Waals surface area contributed by atoms with Gasteiger partial charge in [-0.1, -0.05) is 24.4 Å². The van der Waals surface area contributed by atoms with Gasteiger partial charge in [-0.25, -0.2) is 9.97 Å². The second-order valence-corrected chi connectivity index (χ2v) is 4.91. The Bertz CT molecular complexity index is 489. The van der Waals surface area contributed by atoms with Crippen molar-refractivity contribution >= 4 is 29.6 Å². The molecule has 0 spiro atoms. The molecule has 1 aliphatic rings. The lowest BCUT2D eigenvalue weighted by molar-refractivity contribution is -0.116. The zero-order valence-electron chi connectivity index (χ0n) is 10.4. The highest BCUT2D eigenvalue weighted by Crippen LogP contribution is 2.30. The summed E-state index contributed by atoms with van der Waals surface area (Å²) >= 11 is 5.89. The Kier molecular flexibility index (Phi) is 4.31. The van der Waals surface area contributed by atoms with Gasteiger partial charge in [-0.2, -0.15) is 0 Å². The van der Waals surface area contributed by atoms with E-state index >= 15 is 0 Å². The van der Waals surface area contributed by atoms with E-state index in [2.05, 4.69) is 9.97 Å². The van der Waals surface area contributed by atoms with Gasteiger partial charge in [-0.05, 0) is 12.8 Å². The van der Waals surface area contributed by atoms with Crippen molar-refractivity contribution in [1.29, 1.82) is 0 Å². The van der Waals surface area contributed by atoms with Crippen molar-refractivity contribution in [2.75, 3.05) is 11.4 Å². The first-order valence-electron chi connectivity index (χ1n) is 6.14. The number of hydrogen-bond acceptors (Lipinski definition) is 5. The maximum absolute atomic E-state index is 11.2. The molecule has 6 nitrogen and oxygen atoms in total. The number of hydrogen-bond donors (Lipinski definition) is 1. The van der Waals surface area contributed by atoms with E-state index in [9.17, 15) is 9.59 Å². The van der Waals surface area contributed by atoms with Crippen LogP contribution in [-0.4, -0.2) is 34.7 Å². The summed E-state index contributed by atoms with van der Waals surface area (Å²) in [4.78, 5) is 32.0. The number of anilines is 1. The molecular formula is C12H15ClN4O2. The highest BCUT2D eigenvalue weighted by atomic mass is 35.5. The summed E-state index contributed by atoms with van der Waals surface area (Å²) in [5, 5.41) is 0.0902. The minimum atomic E-state index is -0.460. The normalized spacial score (nSPS) is 15.4. The van der Waals surface area contributed by atoms with Crippen LogP contribution in [0.15, 0.2) is 6.33 Å². The van der Waals surface area contributed by atoms with Crippen LogP contribution in [0.2, 0.25) is 5.15 Å². The number of nitrogens with two attached hydrogens (primary N) is 1. The fourth-order valence-corrected chi connectivity index (χ4v) is 2.63. The van der Waals surface area contributed by atoms with Crippen LogP contribution in [-0.2, 0) is 4.79 Å². The third-order valence-corrected chi connectivity index (χ3v) is 3.60. The van der Waals surface area contributed by atoms with E-state index in [0.717, 1.165) is 25.7 Å². The molecule has 1 aliphatic carbocycles. The topological polar surface area (TPSA) is 89.2 Å². The Morgan fingerprint density at radius 3 is 2.74 bits per heavy atom. The number of aldehydes is 1. The zero-order chi connectivity index (χ0) is 13.8. The SMILES string of the molecule is NC(=O)CN(c1ncnc(Cl)c1C=O)C1CCCC1. The molecule has 1 heterocycles.